The molecular weight excluding hydrogens is 248 g/mol. The lowest BCUT2D eigenvalue weighted by Crippen LogP contribution is -2.35. The van der Waals surface area contributed by atoms with Crippen molar-refractivity contribution in [2.45, 2.75) is 6.42 Å². The predicted octanol–water partition coefficient (Wildman–Crippen LogP) is 0.429. The summed E-state index contributed by atoms with van der Waals surface area (Å²) in [6.07, 6.45) is 2.18. The molecule has 1 aliphatic rings. The second kappa shape index (κ2) is 5.55. The van der Waals surface area contributed by atoms with E-state index in [0.717, 1.165) is 0 Å². The SMILES string of the molecule is COc1ncccc1NC(=O)N1CC[C@H](C(N)=O)C1. The molecule has 2 heterocycles. The molecule has 0 aromatic carbocycles. The molecule has 102 valence electrons. The van der Waals surface area contributed by atoms with Gasteiger partial charge in [0.05, 0.1) is 13.0 Å². The van der Waals surface area contributed by atoms with Gasteiger partial charge >= 0.3 is 6.03 Å². The molecule has 0 radical (unpaired) electrons. The summed E-state index contributed by atoms with van der Waals surface area (Å²) in [5.74, 6) is -0.280. The average Bonchev–Trinajstić information content (AvgIpc) is 2.89. The third-order valence-electron chi connectivity index (χ3n) is 3.08. The number of urea groups is 1. The van der Waals surface area contributed by atoms with Gasteiger partial charge in [-0.15, -0.1) is 0 Å². The van der Waals surface area contributed by atoms with E-state index in [9.17, 15) is 9.59 Å². The maximum absolute atomic E-state index is 12.0. The first-order valence-electron chi connectivity index (χ1n) is 5.96. The highest BCUT2D eigenvalue weighted by Crippen LogP contribution is 2.22. The molecule has 7 nitrogen and oxygen atoms in total. The van der Waals surface area contributed by atoms with E-state index >= 15 is 0 Å². The Bertz CT molecular complexity index is 492. The van der Waals surface area contributed by atoms with Crippen LogP contribution in [0.1, 0.15) is 6.42 Å². The summed E-state index contributed by atoms with van der Waals surface area (Å²) < 4.78 is 5.05. The fraction of sp³-hybridized carbons (Fsp3) is 0.417. The van der Waals surface area contributed by atoms with E-state index in [2.05, 4.69) is 10.3 Å². The summed E-state index contributed by atoms with van der Waals surface area (Å²) in [6, 6.07) is 3.12. The van der Waals surface area contributed by atoms with Gasteiger partial charge in [-0.25, -0.2) is 9.78 Å². The summed E-state index contributed by atoms with van der Waals surface area (Å²) in [4.78, 5) is 28.6. The number of nitrogens with zero attached hydrogens (tertiary/aromatic N) is 2. The van der Waals surface area contributed by atoms with Crippen molar-refractivity contribution in [3.63, 3.8) is 0 Å². The zero-order valence-electron chi connectivity index (χ0n) is 10.6. The molecule has 1 aromatic heterocycles. The molecule has 1 aromatic rings. The van der Waals surface area contributed by atoms with Crippen molar-refractivity contribution in [1.82, 2.24) is 9.88 Å². The second-order valence-corrected chi connectivity index (χ2v) is 4.32. The van der Waals surface area contributed by atoms with Crippen LogP contribution in [0.4, 0.5) is 10.5 Å². The van der Waals surface area contributed by atoms with Gasteiger partial charge in [0.1, 0.15) is 5.69 Å². The largest absolute Gasteiger partial charge is 0.480 e. The number of rotatable bonds is 3. The Kier molecular flexibility index (Phi) is 3.84. The summed E-state index contributed by atoms with van der Waals surface area (Å²) in [7, 11) is 1.48. The number of methoxy groups -OCH3 is 1. The van der Waals surface area contributed by atoms with Crippen molar-refractivity contribution in [1.29, 1.82) is 0 Å². The highest BCUT2D eigenvalue weighted by molar-refractivity contribution is 5.91. The van der Waals surface area contributed by atoms with Crippen molar-refractivity contribution in [2.75, 3.05) is 25.5 Å². The molecule has 1 aliphatic heterocycles. The van der Waals surface area contributed by atoms with Crippen LogP contribution in [-0.4, -0.2) is 42.0 Å². The molecular formula is C12H16N4O3. The fourth-order valence-corrected chi connectivity index (χ4v) is 2.02. The van der Waals surface area contributed by atoms with Crippen LogP contribution in [0.15, 0.2) is 18.3 Å². The summed E-state index contributed by atoms with van der Waals surface area (Å²) in [5, 5.41) is 2.71. The lowest BCUT2D eigenvalue weighted by atomic mass is 10.1. The molecule has 0 unspecified atom stereocenters. The number of carbonyl (C=O) groups excluding carboxylic acids is 2. The van der Waals surface area contributed by atoms with Gasteiger partial charge in [-0.2, -0.15) is 0 Å². The minimum absolute atomic E-state index is 0.262. The van der Waals surface area contributed by atoms with Crippen molar-refractivity contribution in [3.8, 4) is 5.88 Å². The number of hydrogen-bond donors (Lipinski definition) is 2. The zero-order valence-corrected chi connectivity index (χ0v) is 10.6. The summed E-state index contributed by atoms with van der Waals surface area (Å²) in [6.45, 7) is 0.867. The maximum Gasteiger partial charge on any atom is 0.322 e. The summed E-state index contributed by atoms with van der Waals surface area (Å²) in [5.41, 5.74) is 5.73. The number of hydrogen-bond acceptors (Lipinski definition) is 4. The van der Waals surface area contributed by atoms with Crippen molar-refractivity contribution in [2.24, 2.45) is 11.7 Å². The molecule has 0 aliphatic carbocycles. The van der Waals surface area contributed by atoms with Crippen LogP contribution < -0.4 is 15.8 Å². The third-order valence-corrected chi connectivity index (χ3v) is 3.08. The topological polar surface area (TPSA) is 97.6 Å². The van der Waals surface area contributed by atoms with Gasteiger partial charge in [0, 0.05) is 19.3 Å². The lowest BCUT2D eigenvalue weighted by Gasteiger charge is -2.17. The van der Waals surface area contributed by atoms with Gasteiger partial charge in [-0.3, -0.25) is 4.79 Å². The molecule has 0 bridgehead atoms. The monoisotopic (exact) mass is 264 g/mol. The number of primary amides is 1. The number of carbonyl (C=O) groups is 2. The number of likely N-dealkylation sites (tertiary alicyclic amines) is 1. The van der Waals surface area contributed by atoms with E-state index in [0.29, 0.717) is 31.1 Å². The van der Waals surface area contributed by atoms with Crippen LogP contribution in [-0.2, 0) is 4.79 Å². The van der Waals surface area contributed by atoms with Gasteiger partial charge in [-0.05, 0) is 18.6 Å². The molecule has 0 spiro atoms. The second-order valence-electron chi connectivity index (χ2n) is 4.32. The van der Waals surface area contributed by atoms with Crippen LogP contribution in [0.3, 0.4) is 0 Å². The molecule has 1 saturated heterocycles. The number of amides is 3. The van der Waals surface area contributed by atoms with Gasteiger partial charge in [0.2, 0.25) is 11.8 Å². The van der Waals surface area contributed by atoms with Crippen molar-refractivity contribution < 1.29 is 14.3 Å². The van der Waals surface area contributed by atoms with E-state index in [1.165, 1.54) is 7.11 Å². The van der Waals surface area contributed by atoms with Crippen molar-refractivity contribution in [3.05, 3.63) is 18.3 Å². The van der Waals surface area contributed by atoms with E-state index in [1.54, 1.807) is 23.2 Å². The number of ether oxygens (including phenoxy) is 1. The fourth-order valence-electron chi connectivity index (χ4n) is 2.02. The van der Waals surface area contributed by atoms with E-state index in [4.69, 9.17) is 10.5 Å². The van der Waals surface area contributed by atoms with Gasteiger partial charge in [0.15, 0.2) is 0 Å². The first-order chi connectivity index (χ1) is 9.11. The van der Waals surface area contributed by atoms with E-state index < -0.39 is 0 Å². The Morgan fingerprint density at radius 3 is 3.00 bits per heavy atom. The highest BCUT2D eigenvalue weighted by atomic mass is 16.5. The average molecular weight is 264 g/mol. The number of nitrogens with one attached hydrogen (secondary N) is 1. The molecule has 19 heavy (non-hydrogen) atoms. The van der Waals surface area contributed by atoms with Gasteiger partial charge in [0.25, 0.3) is 0 Å². The number of anilines is 1. The van der Waals surface area contributed by atoms with Crippen LogP contribution in [0.2, 0.25) is 0 Å². The maximum atomic E-state index is 12.0. The Morgan fingerprint density at radius 1 is 1.58 bits per heavy atom. The first kappa shape index (κ1) is 13.1. The van der Waals surface area contributed by atoms with Crippen LogP contribution in [0, 0.1) is 5.92 Å². The smallest absolute Gasteiger partial charge is 0.322 e. The Balaban J connectivity index is 2.00. The normalized spacial score (nSPS) is 18.2. The quantitative estimate of drug-likeness (QED) is 0.827. The van der Waals surface area contributed by atoms with Crippen molar-refractivity contribution >= 4 is 17.6 Å². The minimum Gasteiger partial charge on any atom is -0.480 e. The summed E-state index contributed by atoms with van der Waals surface area (Å²) >= 11 is 0. The minimum atomic E-state index is -0.366. The Hall–Kier alpha value is -2.31. The number of pyridine rings is 1. The predicted molar refractivity (Wildman–Crippen MR) is 68.7 cm³/mol. The lowest BCUT2D eigenvalue weighted by molar-refractivity contribution is -0.121. The van der Waals surface area contributed by atoms with Gasteiger partial charge in [-0.1, -0.05) is 0 Å². The number of nitrogens with two attached hydrogens (primary N) is 1. The zero-order chi connectivity index (χ0) is 13.8. The van der Waals surface area contributed by atoms with Crippen LogP contribution in [0.25, 0.3) is 0 Å². The molecule has 2 rings (SSSR count). The molecule has 1 atom stereocenters. The molecule has 3 amide bonds. The van der Waals surface area contributed by atoms with E-state index in [1.807, 2.05) is 0 Å². The highest BCUT2D eigenvalue weighted by Gasteiger charge is 2.29. The third kappa shape index (κ3) is 2.93. The van der Waals surface area contributed by atoms with Gasteiger partial charge < -0.3 is 20.7 Å². The molecule has 7 heteroatoms. The van der Waals surface area contributed by atoms with Crippen LogP contribution >= 0.6 is 0 Å². The molecule has 1 fully saturated rings. The van der Waals surface area contributed by atoms with E-state index in [-0.39, 0.29) is 17.9 Å². The first-order valence-corrected chi connectivity index (χ1v) is 5.96. The Morgan fingerprint density at radius 2 is 2.37 bits per heavy atom. The number of aromatic nitrogens is 1. The Labute approximate surface area is 110 Å². The standard InChI is InChI=1S/C12H16N4O3/c1-19-11-9(3-2-5-14-11)15-12(18)16-6-4-8(7-16)10(13)17/h2-3,5,8H,4,6-7H2,1H3,(H2,13,17)(H,15,18)/t8-/m0/s1. The molecule has 0 saturated carbocycles. The van der Waals surface area contributed by atoms with Crippen LogP contribution in [0.5, 0.6) is 5.88 Å². The molecule has 3 N–H and O–H groups in total.